The van der Waals surface area contributed by atoms with Crippen LogP contribution in [0.4, 0.5) is 0 Å². The summed E-state index contributed by atoms with van der Waals surface area (Å²) in [4.78, 5) is 36.0. The zero-order chi connectivity index (χ0) is 20.3. The molecule has 0 aromatic carbocycles. The molecule has 4 saturated carbocycles. The van der Waals surface area contributed by atoms with Gasteiger partial charge in [-0.1, -0.05) is 13.8 Å². The molecule has 28 heavy (non-hydrogen) atoms. The van der Waals surface area contributed by atoms with Crippen LogP contribution in [0.2, 0.25) is 0 Å². The van der Waals surface area contributed by atoms with E-state index in [-0.39, 0.29) is 35.1 Å². The predicted octanol–water partition coefficient (Wildman–Crippen LogP) is 3.32. The summed E-state index contributed by atoms with van der Waals surface area (Å²) in [6.07, 6.45) is 6.41. The van der Waals surface area contributed by atoms with Crippen molar-refractivity contribution in [1.29, 1.82) is 0 Å². The highest BCUT2D eigenvalue weighted by Gasteiger charge is 2.63. The number of Topliss-reactive ketones (excluding diaryl/α,β-unsaturated/α-hetero) is 2. The minimum absolute atomic E-state index is 0.00834. The van der Waals surface area contributed by atoms with E-state index < -0.39 is 12.1 Å². The third kappa shape index (κ3) is 2.96. The maximum atomic E-state index is 12.8. The van der Waals surface area contributed by atoms with Gasteiger partial charge in [0.15, 0.2) is 5.78 Å². The molecule has 0 radical (unpaired) electrons. The quantitative estimate of drug-likeness (QED) is 0.748. The van der Waals surface area contributed by atoms with Crippen LogP contribution >= 0.6 is 0 Å². The maximum Gasteiger partial charge on any atom is 0.303 e. The van der Waals surface area contributed by atoms with Crippen LogP contribution in [-0.4, -0.2) is 35.4 Å². The van der Waals surface area contributed by atoms with Crippen molar-refractivity contribution in [2.24, 2.45) is 40.4 Å². The molecule has 4 aliphatic rings. The molecule has 0 aromatic heterocycles. The molecule has 0 saturated heterocycles. The number of aliphatic hydroxyl groups is 1. The van der Waals surface area contributed by atoms with Crippen molar-refractivity contribution in [3.63, 3.8) is 0 Å². The Morgan fingerprint density at radius 3 is 2.61 bits per heavy atom. The minimum Gasteiger partial charge on any atom is -0.458 e. The van der Waals surface area contributed by atoms with Gasteiger partial charge in [0.05, 0.1) is 6.10 Å². The molecular weight excluding hydrogens is 356 g/mol. The molecule has 0 unspecified atom stereocenters. The van der Waals surface area contributed by atoms with E-state index in [0.29, 0.717) is 42.8 Å². The van der Waals surface area contributed by atoms with E-state index in [1.165, 1.54) is 6.92 Å². The van der Waals surface area contributed by atoms with Crippen molar-refractivity contribution in [2.75, 3.05) is 6.61 Å². The zero-order valence-electron chi connectivity index (χ0n) is 17.4. The number of hydrogen-bond acceptors (Lipinski definition) is 5. The van der Waals surface area contributed by atoms with Gasteiger partial charge in [-0.15, -0.1) is 0 Å². The monoisotopic (exact) mass is 390 g/mol. The smallest absolute Gasteiger partial charge is 0.303 e. The van der Waals surface area contributed by atoms with E-state index in [0.717, 1.165) is 32.1 Å². The highest BCUT2D eigenvalue weighted by molar-refractivity contribution is 5.85. The van der Waals surface area contributed by atoms with E-state index in [1.807, 2.05) is 0 Å². The number of ketones is 2. The van der Waals surface area contributed by atoms with Crippen molar-refractivity contribution in [1.82, 2.24) is 0 Å². The third-order valence-electron chi connectivity index (χ3n) is 9.22. The van der Waals surface area contributed by atoms with Gasteiger partial charge in [-0.25, -0.2) is 0 Å². The van der Waals surface area contributed by atoms with Crippen molar-refractivity contribution in [3.05, 3.63) is 0 Å². The van der Waals surface area contributed by atoms with E-state index in [2.05, 4.69) is 13.8 Å². The molecule has 0 aromatic rings. The molecule has 8 atom stereocenters. The van der Waals surface area contributed by atoms with E-state index in [9.17, 15) is 19.5 Å². The van der Waals surface area contributed by atoms with Gasteiger partial charge in [0.2, 0.25) is 0 Å². The Labute approximate surface area is 167 Å². The second kappa shape index (κ2) is 6.93. The van der Waals surface area contributed by atoms with E-state index in [1.54, 1.807) is 0 Å². The van der Waals surface area contributed by atoms with Crippen LogP contribution in [0.1, 0.15) is 72.1 Å². The Morgan fingerprint density at radius 2 is 1.89 bits per heavy atom. The van der Waals surface area contributed by atoms with Gasteiger partial charge in [-0.2, -0.15) is 0 Å². The summed E-state index contributed by atoms with van der Waals surface area (Å²) in [7, 11) is 0. The number of aliphatic hydroxyl groups excluding tert-OH is 1. The highest BCUT2D eigenvalue weighted by Crippen LogP contribution is 2.67. The number of carbonyl (C=O) groups excluding carboxylic acids is 3. The number of carbonyl (C=O) groups is 3. The first kappa shape index (κ1) is 20.1. The van der Waals surface area contributed by atoms with Gasteiger partial charge < -0.3 is 9.84 Å². The summed E-state index contributed by atoms with van der Waals surface area (Å²) in [6.45, 7) is 5.67. The Kier molecular flexibility index (Phi) is 4.96. The lowest BCUT2D eigenvalue weighted by atomic mass is 9.44. The molecule has 0 amide bonds. The Balaban J connectivity index is 1.58. The summed E-state index contributed by atoms with van der Waals surface area (Å²) >= 11 is 0. The van der Waals surface area contributed by atoms with Crippen molar-refractivity contribution in [2.45, 2.75) is 78.2 Å². The van der Waals surface area contributed by atoms with E-state index in [4.69, 9.17) is 4.74 Å². The van der Waals surface area contributed by atoms with Crippen molar-refractivity contribution in [3.8, 4) is 0 Å². The van der Waals surface area contributed by atoms with Gasteiger partial charge in [-0.3, -0.25) is 14.4 Å². The summed E-state index contributed by atoms with van der Waals surface area (Å²) in [6, 6.07) is 0. The van der Waals surface area contributed by atoms with Gasteiger partial charge in [-0.05, 0) is 73.0 Å². The van der Waals surface area contributed by atoms with Gasteiger partial charge >= 0.3 is 5.97 Å². The summed E-state index contributed by atoms with van der Waals surface area (Å²) in [5, 5.41) is 11.3. The number of hydrogen-bond donors (Lipinski definition) is 1. The van der Waals surface area contributed by atoms with Crippen LogP contribution in [0.25, 0.3) is 0 Å². The van der Waals surface area contributed by atoms with Gasteiger partial charge in [0.1, 0.15) is 12.4 Å². The third-order valence-corrected chi connectivity index (χ3v) is 9.22. The molecule has 4 aliphatic carbocycles. The fourth-order valence-corrected chi connectivity index (χ4v) is 7.97. The molecule has 0 aliphatic heterocycles. The fourth-order valence-electron chi connectivity index (χ4n) is 7.97. The molecule has 4 fully saturated rings. The number of fused-ring (bicyclic) bond motifs is 5. The first-order valence-electron chi connectivity index (χ1n) is 11.0. The molecule has 0 bridgehead atoms. The molecular formula is C23H34O5. The standard InChI is InChI=1S/C23H34O5/c1-13(24)28-12-20(27)18-7-6-17-16-5-4-14-10-15(25)8-9-22(14,2)21(16)19(26)11-23(17,18)3/h14,16-19,21,26H,4-12H2,1-3H3/t14-,16+,17+,18-,19+,21-,22+,23+/m1/s1. The lowest BCUT2D eigenvalue weighted by Crippen LogP contribution is -2.59. The molecule has 156 valence electrons. The number of rotatable bonds is 3. The van der Waals surface area contributed by atoms with Gasteiger partial charge in [0, 0.05) is 25.7 Å². The summed E-state index contributed by atoms with van der Waals surface area (Å²) in [5.74, 6) is 1.33. The lowest BCUT2D eigenvalue weighted by molar-refractivity contribution is -0.175. The largest absolute Gasteiger partial charge is 0.458 e. The van der Waals surface area contributed by atoms with Crippen LogP contribution in [0, 0.1) is 40.4 Å². The maximum absolute atomic E-state index is 12.8. The topological polar surface area (TPSA) is 80.7 Å². The second-order valence-electron chi connectivity index (χ2n) is 10.5. The molecule has 1 N–H and O–H groups in total. The molecule has 4 rings (SSSR count). The SMILES string of the molecule is CC(=O)OCC(=O)[C@H]1CC[C@H]2[C@@H]3CC[C@@H]4CC(=O)CC[C@]4(C)[C@H]3[C@@H](O)C[C@]12C. The number of esters is 1. The summed E-state index contributed by atoms with van der Waals surface area (Å²) < 4.78 is 4.99. The predicted molar refractivity (Wildman–Crippen MR) is 103 cm³/mol. The van der Waals surface area contributed by atoms with Crippen LogP contribution in [0.3, 0.4) is 0 Å². The summed E-state index contributed by atoms with van der Waals surface area (Å²) in [5.41, 5.74) is -0.178. The van der Waals surface area contributed by atoms with Crippen LogP contribution in [0.5, 0.6) is 0 Å². The average molecular weight is 391 g/mol. The average Bonchev–Trinajstić information content (AvgIpc) is 2.96. The molecule has 0 heterocycles. The Hall–Kier alpha value is -1.23. The molecule has 0 spiro atoms. The van der Waals surface area contributed by atoms with Gasteiger partial charge in [0.25, 0.3) is 0 Å². The fraction of sp³-hybridized carbons (Fsp3) is 0.870. The van der Waals surface area contributed by atoms with E-state index >= 15 is 0 Å². The first-order valence-corrected chi connectivity index (χ1v) is 11.0. The highest BCUT2D eigenvalue weighted by atomic mass is 16.5. The normalized spacial score (nSPS) is 47.6. The number of ether oxygens (including phenoxy) is 1. The van der Waals surface area contributed by atoms with Crippen molar-refractivity contribution >= 4 is 17.5 Å². The Bertz CT molecular complexity index is 686. The van der Waals surface area contributed by atoms with Crippen LogP contribution in [0.15, 0.2) is 0 Å². The lowest BCUT2D eigenvalue weighted by Gasteiger charge is -2.61. The van der Waals surface area contributed by atoms with Crippen LogP contribution < -0.4 is 0 Å². The first-order chi connectivity index (χ1) is 13.2. The zero-order valence-corrected chi connectivity index (χ0v) is 17.4. The molecule has 5 heteroatoms. The molecule has 5 nitrogen and oxygen atoms in total. The Morgan fingerprint density at radius 1 is 1.14 bits per heavy atom. The second-order valence-corrected chi connectivity index (χ2v) is 10.5. The minimum atomic E-state index is -0.422. The van der Waals surface area contributed by atoms with Crippen molar-refractivity contribution < 1.29 is 24.2 Å². The van der Waals surface area contributed by atoms with Crippen LogP contribution in [-0.2, 0) is 19.1 Å².